The second-order valence-electron chi connectivity index (χ2n) is 3.72. The highest BCUT2D eigenvalue weighted by Gasteiger charge is 2.24. The molecule has 0 aromatic carbocycles. The predicted molar refractivity (Wildman–Crippen MR) is 61.1 cm³/mol. The second kappa shape index (κ2) is 7.91. The van der Waals surface area contributed by atoms with Gasteiger partial charge in [-0.2, -0.15) is 0 Å². The van der Waals surface area contributed by atoms with Crippen molar-refractivity contribution in [2.24, 2.45) is 10.4 Å². The van der Waals surface area contributed by atoms with E-state index >= 15 is 0 Å². The summed E-state index contributed by atoms with van der Waals surface area (Å²) in [6.45, 7) is 5.86. The summed E-state index contributed by atoms with van der Waals surface area (Å²) in [4.78, 5) is 13.4. The summed E-state index contributed by atoms with van der Waals surface area (Å²) in [5.41, 5.74) is 0.306. The molecule has 4 heteroatoms. The van der Waals surface area contributed by atoms with Gasteiger partial charge in [0.05, 0.1) is 6.54 Å². The first kappa shape index (κ1) is 13.6. The molecule has 82 valence electrons. The van der Waals surface area contributed by atoms with Crippen LogP contribution >= 0.6 is 0 Å². The molecule has 0 heterocycles. The number of hydrogen-bond donors (Lipinski definition) is 0. The Bertz CT molecular complexity index is 187. The van der Waals surface area contributed by atoms with Gasteiger partial charge in [-0.3, -0.25) is 0 Å². The molecule has 0 amide bonds. The maximum Gasteiger partial charge on any atom is 0.234 e. The minimum absolute atomic E-state index is 0.306. The molecule has 0 aromatic rings. The van der Waals surface area contributed by atoms with Crippen LogP contribution in [0.5, 0.6) is 0 Å². The largest absolute Gasteiger partial charge is 0.427 e. The van der Waals surface area contributed by atoms with Crippen LogP contribution in [-0.2, 0) is 9.22 Å². The first-order chi connectivity index (χ1) is 6.74. The molecule has 3 nitrogen and oxygen atoms in total. The van der Waals surface area contributed by atoms with Crippen molar-refractivity contribution >= 4 is 16.6 Å². The van der Waals surface area contributed by atoms with Gasteiger partial charge in [0.15, 0.2) is 0 Å². The third-order valence-electron chi connectivity index (χ3n) is 2.99. The van der Waals surface area contributed by atoms with Crippen molar-refractivity contribution in [3.05, 3.63) is 0 Å². The average molecular weight is 215 g/mol. The van der Waals surface area contributed by atoms with Crippen molar-refractivity contribution in [1.29, 1.82) is 0 Å². The summed E-state index contributed by atoms with van der Waals surface area (Å²) in [5.74, 6) is 0. The van der Waals surface area contributed by atoms with Crippen molar-refractivity contribution in [2.75, 3.05) is 13.2 Å². The van der Waals surface area contributed by atoms with Crippen LogP contribution in [0.2, 0.25) is 0 Å². The first-order valence-electron chi connectivity index (χ1n) is 5.27. The number of isocyanates is 1. The number of aliphatic imine (C=N–C) groups is 1. The Morgan fingerprint density at radius 2 is 2.07 bits per heavy atom. The van der Waals surface area contributed by atoms with Gasteiger partial charge in [-0.25, -0.2) is 9.79 Å². The van der Waals surface area contributed by atoms with Gasteiger partial charge in [0, 0.05) is 6.61 Å². The van der Waals surface area contributed by atoms with Gasteiger partial charge in [0.1, 0.15) is 10.5 Å². The van der Waals surface area contributed by atoms with Crippen molar-refractivity contribution in [3.63, 3.8) is 0 Å². The van der Waals surface area contributed by atoms with Crippen molar-refractivity contribution in [1.82, 2.24) is 0 Å². The molecule has 0 N–H and O–H groups in total. The van der Waals surface area contributed by atoms with E-state index in [9.17, 15) is 4.79 Å². The van der Waals surface area contributed by atoms with Crippen LogP contribution in [-0.4, -0.2) is 29.7 Å². The van der Waals surface area contributed by atoms with E-state index in [4.69, 9.17) is 4.43 Å². The van der Waals surface area contributed by atoms with Gasteiger partial charge in [-0.15, -0.1) is 0 Å². The van der Waals surface area contributed by atoms with E-state index in [1.165, 1.54) is 0 Å². The lowest BCUT2D eigenvalue weighted by molar-refractivity contribution is 0.128. The van der Waals surface area contributed by atoms with Crippen molar-refractivity contribution in [3.8, 4) is 0 Å². The summed E-state index contributed by atoms with van der Waals surface area (Å²) in [7, 11) is 0.803. The highest BCUT2D eigenvalue weighted by atomic mass is 28.2. The average Bonchev–Trinajstić information content (AvgIpc) is 2.23. The summed E-state index contributed by atoms with van der Waals surface area (Å²) in [5, 5.41) is 0. The maximum atomic E-state index is 9.88. The first-order valence-corrected chi connectivity index (χ1v) is 6.09. The number of hydrogen-bond acceptors (Lipinski definition) is 3. The van der Waals surface area contributed by atoms with E-state index in [-0.39, 0.29) is 0 Å². The number of nitrogens with zero attached hydrogens (tertiary/aromatic N) is 1. The molecule has 0 aliphatic heterocycles. The minimum Gasteiger partial charge on any atom is -0.427 e. The Hall–Kier alpha value is -0.443. The highest BCUT2D eigenvalue weighted by molar-refractivity contribution is 5.97. The van der Waals surface area contributed by atoms with Crippen LogP contribution in [0.1, 0.15) is 39.5 Å². The van der Waals surface area contributed by atoms with E-state index in [0.29, 0.717) is 12.0 Å². The van der Waals surface area contributed by atoms with Crippen LogP contribution in [0.3, 0.4) is 0 Å². The third-order valence-corrected chi connectivity index (χ3v) is 3.28. The molecule has 14 heavy (non-hydrogen) atoms. The number of carbonyl (C=O) groups excluding carboxylic acids is 1. The molecule has 0 saturated heterocycles. The Morgan fingerprint density at radius 1 is 1.43 bits per heavy atom. The molecular formula is C10H21NO2Si. The maximum absolute atomic E-state index is 9.88. The fourth-order valence-corrected chi connectivity index (χ4v) is 2.38. The second-order valence-corrected chi connectivity index (χ2v) is 4.29. The molecule has 0 bridgehead atoms. The zero-order valence-electron chi connectivity index (χ0n) is 9.51. The summed E-state index contributed by atoms with van der Waals surface area (Å²) in [6.07, 6.45) is 5.89. The molecule has 0 spiro atoms. The lowest BCUT2D eigenvalue weighted by Gasteiger charge is -2.31. The molecule has 0 saturated carbocycles. The molecule has 0 aliphatic carbocycles. The van der Waals surface area contributed by atoms with Crippen LogP contribution in [0.15, 0.2) is 4.99 Å². The van der Waals surface area contributed by atoms with Gasteiger partial charge in [-0.1, -0.05) is 13.8 Å². The molecular weight excluding hydrogens is 194 g/mol. The number of rotatable bonds is 8. The van der Waals surface area contributed by atoms with Gasteiger partial charge in [-0.05, 0) is 31.1 Å². The minimum atomic E-state index is 0.306. The fraction of sp³-hybridized carbons (Fsp3) is 0.900. The fourth-order valence-electron chi connectivity index (χ4n) is 1.76. The molecule has 0 radical (unpaired) electrons. The SMILES string of the molecule is CCC(CC)(CCCN=C=O)CO[SiH3]. The van der Waals surface area contributed by atoms with Crippen molar-refractivity contribution in [2.45, 2.75) is 39.5 Å². The topological polar surface area (TPSA) is 38.7 Å². The third kappa shape index (κ3) is 4.70. The summed E-state index contributed by atoms with van der Waals surface area (Å²) in [6, 6.07) is 0. The zero-order valence-corrected chi connectivity index (χ0v) is 11.5. The summed E-state index contributed by atoms with van der Waals surface area (Å²) < 4.78 is 5.38. The zero-order chi connectivity index (χ0) is 10.9. The van der Waals surface area contributed by atoms with E-state index in [1.54, 1.807) is 6.08 Å². The molecule has 0 unspecified atom stereocenters. The Kier molecular flexibility index (Phi) is 7.66. The molecule has 0 aliphatic rings. The van der Waals surface area contributed by atoms with Crippen LogP contribution in [0.25, 0.3) is 0 Å². The molecule has 0 atom stereocenters. The van der Waals surface area contributed by atoms with E-state index < -0.39 is 0 Å². The van der Waals surface area contributed by atoms with Gasteiger partial charge in [0.25, 0.3) is 0 Å². The smallest absolute Gasteiger partial charge is 0.234 e. The normalized spacial score (nSPS) is 11.3. The molecule has 0 rings (SSSR count). The quantitative estimate of drug-likeness (QED) is 0.264. The van der Waals surface area contributed by atoms with Crippen LogP contribution in [0, 0.1) is 5.41 Å². The Labute approximate surface area is 89.5 Å². The van der Waals surface area contributed by atoms with E-state index in [2.05, 4.69) is 18.8 Å². The lowest BCUT2D eigenvalue weighted by Crippen LogP contribution is -2.25. The van der Waals surface area contributed by atoms with Crippen LogP contribution < -0.4 is 0 Å². The molecule has 0 fully saturated rings. The predicted octanol–water partition coefficient (Wildman–Crippen LogP) is 1.21. The van der Waals surface area contributed by atoms with E-state index in [1.807, 2.05) is 0 Å². The van der Waals surface area contributed by atoms with Gasteiger partial charge in [0.2, 0.25) is 6.08 Å². The molecule has 0 aromatic heterocycles. The monoisotopic (exact) mass is 215 g/mol. The Balaban J connectivity index is 3.99. The van der Waals surface area contributed by atoms with Crippen LogP contribution in [0.4, 0.5) is 0 Å². The highest BCUT2D eigenvalue weighted by Crippen LogP contribution is 2.32. The van der Waals surface area contributed by atoms with E-state index in [0.717, 1.165) is 42.8 Å². The lowest BCUT2D eigenvalue weighted by atomic mass is 9.79. The standard InChI is InChI=1S/C10H21NO2Si/c1-3-10(4-2,8-13-14)6-5-7-11-9-12/h3-8H2,1-2,14H3. The van der Waals surface area contributed by atoms with Gasteiger partial charge < -0.3 is 4.43 Å². The van der Waals surface area contributed by atoms with Gasteiger partial charge >= 0.3 is 0 Å². The van der Waals surface area contributed by atoms with Crippen molar-refractivity contribution < 1.29 is 9.22 Å². The summed E-state index contributed by atoms with van der Waals surface area (Å²) >= 11 is 0. The Morgan fingerprint density at radius 3 is 2.50 bits per heavy atom.